The average molecular weight is 210 g/mol. The van der Waals surface area contributed by atoms with E-state index in [9.17, 15) is 4.79 Å². The Bertz CT molecular complexity index is 343. The Morgan fingerprint density at radius 3 is 3.13 bits per heavy atom. The van der Waals surface area contributed by atoms with Gasteiger partial charge < -0.3 is 5.32 Å². The lowest BCUT2D eigenvalue weighted by atomic mass is 9.99. The van der Waals surface area contributed by atoms with Crippen LogP contribution in [0.5, 0.6) is 0 Å². The van der Waals surface area contributed by atoms with Crippen LogP contribution in [0.2, 0.25) is 0 Å². The van der Waals surface area contributed by atoms with Gasteiger partial charge in [0.05, 0.1) is 13.0 Å². The van der Waals surface area contributed by atoms with E-state index in [2.05, 4.69) is 26.0 Å². The molecule has 1 aromatic rings. The van der Waals surface area contributed by atoms with Crippen molar-refractivity contribution in [2.75, 3.05) is 18.4 Å². The summed E-state index contributed by atoms with van der Waals surface area (Å²) in [6.45, 7) is 1.72. The standard InChI is InChI=1S/C8H14N6O/c1-14-12-8(11-13-14)10-7(15)6-3-2-4-9-5-6/h6,9H,2-5H2,1H3,(H,10,12,15)/t6-/m0/s1. The van der Waals surface area contributed by atoms with Crippen LogP contribution in [0.3, 0.4) is 0 Å². The fourth-order valence-electron chi connectivity index (χ4n) is 1.62. The molecule has 15 heavy (non-hydrogen) atoms. The summed E-state index contributed by atoms with van der Waals surface area (Å²) in [7, 11) is 1.66. The molecular weight excluding hydrogens is 196 g/mol. The predicted molar refractivity (Wildman–Crippen MR) is 53.0 cm³/mol. The minimum atomic E-state index is -0.0322. The molecule has 2 rings (SSSR count). The SMILES string of the molecule is Cn1nnc(NC(=O)[C@H]2CCCNC2)n1. The van der Waals surface area contributed by atoms with Crippen molar-refractivity contribution >= 4 is 11.9 Å². The molecule has 1 aliphatic heterocycles. The first-order valence-corrected chi connectivity index (χ1v) is 5.01. The van der Waals surface area contributed by atoms with Crippen molar-refractivity contribution in [1.29, 1.82) is 0 Å². The third kappa shape index (κ3) is 2.50. The number of carbonyl (C=O) groups is 1. The number of amides is 1. The summed E-state index contributed by atoms with van der Waals surface area (Å²) >= 11 is 0. The summed E-state index contributed by atoms with van der Waals surface area (Å²) in [6, 6.07) is 0. The van der Waals surface area contributed by atoms with E-state index in [1.165, 1.54) is 4.80 Å². The zero-order chi connectivity index (χ0) is 10.7. The molecule has 0 bridgehead atoms. The number of hydrogen-bond acceptors (Lipinski definition) is 5. The summed E-state index contributed by atoms with van der Waals surface area (Å²) in [6.07, 6.45) is 1.95. The van der Waals surface area contributed by atoms with Gasteiger partial charge in [-0.15, -0.1) is 5.10 Å². The third-order valence-electron chi connectivity index (χ3n) is 2.41. The molecule has 0 radical (unpaired) electrons. The highest BCUT2D eigenvalue weighted by molar-refractivity contribution is 5.91. The van der Waals surface area contributed by atoms with E-state index < -0.39 is 0 Å². The molecule has 0 spiro atoms. The lowest BCUT2D eigenvalue weighted by Crippen LogP contribution is -2.37. The molecule has 0 unspecified atom stereocenters. The van der Waals surface area contributed by atoms with E-state index in [0.29, 0.717) is 0 Å². The third-order valence-corrected chi connectivity index (χ3v) is 2.41. The number of aryl methyl sites for hydroxylation is 1. The zero-order valence-electron chi connectivity index (χ0n) is 8.60. The topological polar surface area (TPSA) is 84.7 Å². The molecule has 1 amide bonds. The highest BCUT2D eigenvalue weighted by atomic mass is 16.2. The Balaban J connectivity index is 1.91. The molecule has 2 N–H and O–H groups in total. The van der Waals surface area contributed by atoms with Gasteiger partial charge in [0.25, 0.3) is 5.95 Å². The minimum absolute atomic E-state index is 0.0163. The maximum atomic E-state index is 11.7. The summed E-state index contributed by atoms with van der Waals surface area (Å²) < 4.78 is 0. The molecule has 1 aromatic heterocycles. The van der Waals surface area contributed by atoms with E-state index in [4.69, 9.17) is 0 Å². The van der Waals surface area contributed by atoms with Gasteiger partial charge in [0, 0.05) is 6.54 Å². The minimum Gasteiger partial charge on any atom is -0.316 e. The van der Waals surface area contributed by atoms with Gasteiger partial charge in [-0.2, -0.15) is 4.80 Å². The van der Waals surface area contributed by atoms with Gasteiger partial charge in [0.2, 0.25) is 5.91 Å². The van der Waals surface area contributed by atoms with Gasteiger partial charge in [0.15, 0.2) is 0 Å². The van der Waals surface area contributed by atoms with Crippen LogP contribution in [0, 0.1) is 5.92 Å². The zero-order valence-corrected chi connectivity index (χ0v) is 8.60. The van der Waals surface area contributed by atoms with Crippen molar-refractivity contribution in [3.63, 3.8) is 0 Å². The molecular formula is C8H14N6O. The molecule has 82 valence electrons. The molecule has 1 saturated heterocycles. The Kier molecular flexibility index (Phi) is 2.91. The van der Waals surface area contributed by atoms with E-state index in [1.807, 2.05) is 0 Å². The number of carbonyl (C=O) groups excluding carboxylic acids is 1. The van der Waals surface area contributed by atoms with Gasteiger partial charge in [0.1, 0.15) is 0 Å². The average Bonchev–Trinajstić information content (AvgIpc) is 2.65. The number of nitrogens with one attached hydrogen (secondary N) is 2. The molecule has 1 fully saturated rings. The van der Waals surface area contributed by atoms with Gasteiger partial charge in [-0.1, -0.05) is 5.10 Å². The van der Waals surface area contributed by atoms with Crippen molar-refractivity contribution in [2.24, 2.45) is 13.0 Å². The number of rotatable bonds is 2. The summed E-state index contributed by atoms with van der Waals surface area (Å²) in [5.74, 6) is 0.255. The van der Waals surface area contributed by atoms with Crippen LogP contribution in [0.1, 0.15) is 12.8 Å². The normalized spacial score (nSPS) is 21.3. The van der Waals surface area contributed by atoms with Crippen LogP contribution in [0.25, 0.3) is 0 Å². The Morgan fingerprint density at radius 2 is 2.53 bits per heavy atom. The molecule has 2 heterocycles. The second-order valence-corrected chi connectivity index (χ2v) is 3.64. The number of piperidine rings is 1. The van der Waals surface area contributed by atoms with Crippen LogP contribution < -0.4 is 10.6 Å². The quantitative estimate of drug-likeness (QED) is 0.664. The summed E-state index contributed by atoms with van der Waals surface area (Å²) in [4.78, 5) is 13.0. The predicted octanol–water partition coefficient (Wildman–Crippen LogP) is -0.852. The smallest absolute Gasteiger partial charge is 0.270 e. The fraction of sp³-hybridized carbons (Fsp3) is 0.750. The van der Waals surface area contributed by atoms with Crippen molar-refractivity contribution in [2.45, 2.75) is 12.8 Å². The van der Waals surface area contributed by atoms with Crippen LogP contribution in [0.15, 0.2) is 0 Å². The summed E-state index contributed by atoms with van der Waals surface area (Å²) in [5, 5.41) is 17.1. The van der Waals surface area contributed by atoms with Crippen molar-refractivity contribution < 1.29 is 4.79 Å². The number of tetrazole rings is 1. The van der Waals surface area contributed by atoms with Crippen molar-refractivity contribution in [3.05, 3.63) is 0 Å². The highest BCUT2D eigenvalue weighted by Crippen LogP contribution is 2.11. The molecule has 0 aromatic carbocycles. The van der Waals surface area contributed by atoms with Crippen LogP contribution in [-0.4, -0.2) is 39.2 Å². The second kappa shape index (κ2) is 4.35. The van der Waals surface area contributed by atoms with Gasteiger partial charge in [-0.3, -0.25) is 10.1 Å². The molecule has 0 aliphatic carbocycles. The van der Waals surface area contributed by atoms with Crippen LogP contribution in [0.4, 0.5) is 5.95 Å². The van der Waals surface area contributed by atoms with Crippen LogP contribution >= 0.6 is 0 Å². The first-order valence-electron chi connectivity index (χ1n) is 5.01. The molecule has 0 saturated carbocycles. The maximum absolute atomic E-state index is 11.7. The molecule has 7 nitrogen and oxygen atoms in total. The first kappa shape index (κ1) is 10.0. The molecule has 7 heteroatoms. The first-order chi connectivity index (χ1) is 7.25. The van der Waals surface area contributed by atoms with Crippen molar-refractivity contribution in [3.8, 4) is 0 Å². The largest absolute Gasteiger partial charge is 0.316 e. The number of anilines is 1. The monoisotopic (exact) mass is 210 g/mol. The lowest BCUT2D eigenvalue weighted by molar-refractivity contribution is -0.120. The highest BCUT2D eigenvalue weighted by Gasteiger charge is 2.21. The van der Waals surface area contributed by atoms with E-state index in [0.717, 1.165) is 25.9 Å². The van der Waals surface area contributed by atoms with Gasteiger partial charge in [-0.25, -0.2) is 0 Å². The number of aromatic nitrogens is 4. The van der Waals surface area contributed by atoms with E-state index in [1.54, 1.807) is 7.05 Å². The van der Waals surface area contributed by atoms with E-state index in [-0.39, 0.29) is 17.8 Å². The second-order valence-electron chi connectivity index (χ2n) is 3.64. The number of hydrogen-bond donors (Lipinski definition) is 2. The molecule has 1 atom stereocenters. The molecule has 1 aliphatic rings. The van der Waals surface area contributed by atoms with E-state index >= 15 is 0 Å². The lowest BCUT2D eigenvalue weighted by Gasteiger charge is -2.20. The Morgan fingerprint density at radius 1 is 1.67 bits per heavy atom. The maximum Gasteiger partial charge on any atom is 0.270 e. The summed E-state index contributed by atoms with van der Waals surface area (Å²) in [5.41, 5.74) is 0. The Hall–Kier alpha value is -1.50. The van der Waals surface area contributed by atoms with Gasteiger partial charge in [-0.05, 0) is 24.6 Å². The van der Waals surface area contributed by atoms with Crippen LogP contribution in [-0.2, 0) is 11.8 Å². The van der Waals surface area contributed by atoms with Crippen molar-refractivity contribution in [1.82, 2.24) is 25.5 Å². The Labute approximate surface area is 87.2 Å². The number of nitrogens with zero attached hydrogens (tertiary/aromatic N) is 4. The fourth-order valence-corrected chi connectivity index (χ4v) is 1.62. The van der Waals surface area contributed by atoms with Gasteiger partial charge >= 0.3 is 0 Å².